The number of piperidine rings is 1. The van der Waals surface area contributed by atoms with E-state index in [4.69, 9.17) is 0 Å². The van der Waals surface area contributed by atoms with Crippen molar-refractivity contribution < 1.29 is 26.0 Å². The fraction of sp³-hybridized carbons (Fsp3) is 0.444. The van der Waals surface area contributed by atoms with Gasteiger partial charge in [-0.1, -0.05) is 6.07 Å². The van der Waals surface area contributed by atoms with Crippen molar-refractivity contribution in [3.05, 3.63) is 47.7 Å². The van der Waals surface area contributed by atoms with Crippen LogP contribution >= 0.6 is 0 Å². The van der Waals surface area contributed by atoms with Gasteiger partial charge in [0.15, 0.2) is 5.03 Å². The van der Waals surface area contributed by atoms with Crippen molar-refractivity contribution in [1.82, 2.24) is 15.3 Å². The molecule has 2 aromatic rings. The lowest BCUT2D eigenvalue weighted by molar-refractivity contribution is -0.137. The van der Waals surface area contributed by atoms with Crippen LogP contribution in [0.4, 0.5) is 23.2 Å². The molecule has 0 bridgehead atoms. The Balaban J connectivity index is 1.96. The number of nitrogens with one attached hydrogen (secondary N) is 1. The highest BCUT2D eigenvalue weighted by atomic mass is 32.2. The molecule has 0 unspecified atom stereocenters. The summed E-state index contributed by atoms with van der Waals surface area (Å²) in [4.78, 5) is 8.75. The highest BCUT2D eigenvalue weighted by molar-refractivity contribution is 7.90. The maximum Gasteiger partial charge on any atom is 0.418 e. The number of rotatable bonds is 5. The SMILES string of the molecule is CN(c1cnc(S(=O)(=O)Cc2cccc(F)n2)cc1C(F)(F)F)C1CCNCC1. The van der Waals surface area contributed by atoms with E-state index < -0.39 is 38.3 Å². The normalized spacial score (nSPS) is 16.0. The molecular formula is C18H20F4N4O2S. The van der Waals surface area contributed by atoms with E-state index in [0.29, 0.717) is 32.0 Å². The first-order valence-corrected chi connectivity index (χ1v) is 10.6. The van der Waals surface area contributed by atoms with E-state index in [-0.39, 0.29) is 17.4 Å². The highest BCUT2D eigenvalue weighted by Crippen LogP contribution is 2.38. The van der Waals surface area contributed by atoms with Crippen LogP contribution in [0.2, 0.25) is 0 Å². The van der Waals surface area contributed by atoms with Crippen molar-refractivity contribution >= 4 is 15.5 Å². The van der Waals surface area contributed by atoms with Crippen molar-refractivity contribution in [2.24, 2.45) is 0 Å². The Hall–Kier alpha value is -2.27. The van der Waals surface area contributed by atoms with Gasteiger partial charge in [-0.25, -0.2) is 18.4 Å². The number of alkyl halides is 3. The van der Waals surface area contributed by atoms with Crippen LogP contribution in [0.5, 0.6) is 0 Å². The van der Waals surface area contributed by atoms with E-state index in [1.54, 1.807) is 7.05 Å². The van der Waals surface area contributed by atoms with Gasteiger partial charge in [0.05, 0.1) is 28.9 Å². The van der Waals surface area contributed by atoms with Gasteiger partial charge in [-0.3, -0.25) is 0 Å². The molecular weight excluding hydrogens is 412 g/mol. The third kappa shape index (κ3) is 5.02. The lowest BCUT2D eigenvalue weighted by Gasteiger charge is -2.34. The Labute approximate surface area is 165 Å². The minimum atomic E-state index is -4.76. The summed E-state index contributed by atoms with van der Waals surface area (Å²) in [5.41, 5.74) is -1.36. The Bertz CT molecular complexity index is 976. The second-order valence-electron chi connectivity index (χ2n) is 6.84. The number of hydrogen-bond acceptors (Lipinski definition) is 6. The number of pyridine rings is 2. The highest BCUT2D eigenvalue weighted by Gasteiger charge is 2.37. The van der Waals surface area contributed by atoms with Crippen molar-refractivity contribution in [2.75, 3.05) is 25.0 Å². The van der Waals surface area contributed by atoms with Gasteiger partial charge >= 0.3 is 6.18 Å². The number of aromatic nitrogens is 2. The minimum Gasteiger partial charge on any atom is -0.370 e. The third-order valence-electron chi connectivity index (χ3n) is 4.83. The zero-order valence-electron chi connectivity index (χ0n) is 15.6. The summed E-state index contributed by atoms with van der Waals surface area (Å²) in [7, 11) is -2.70. The smallest absolute Gasteiger partial charge is 0.370 e. The van der Waals surface area contributed by atoms with Gasteiger partial charge in [-0.05, 0) is 44.1 Å². The van der Waals surface area contributed by atoms with Crippen LogP contribution in [0.15, 0.2) is 35.5 Å². The molecule has 1 aliphatic rings. The van der Waals surface area contributed by atoms with Crippen molar-refractivity contribution in [2.45, 2.75) is 35.8 Å². The first-order valence-electron chi connectivity index (χ1n) is 8.93. The topological polar surface area (TPSA) is 75.2 Å². The molecule has 0 atom stereocenters. The molecule has 3 heterocycles. The maximum absolute atomic E-state index is 13.7. The predicted molar refractivity (Wildman–Crippen MR) is 98.6 cm³/mol. The average molecular weight is 432 g/mol. The lowest BCUT2D eigenvalue weighted by atomic mass is 10.0. The molecule has 0 amide bonds. The predicted octanol–water partition coefficient (Wildman–Crippen LogP) is 2.80. The van der Waals surface area contributed by atoms with Gasteiger partial charge in [0, 0.05) is 13.1 Å². The lowest BCUT2D eigenvalue weighted by Crippen LogP contribution is -2.42. The number of anilines is 1. The van der Waals surface area contributed by atoms with Crippen LogP contribution in [-0.4, -0.2) is 44.6 Å². The summed E-state index contributed by atoms with van der Waals surface area (Å²) >= 11 is 0. The third-order valence-corrected chi connectivity index (χ3v) is 6.37. The summed E-state index contributed by atoms with van der Waals surface area (Å²) in [6, 6.07) is 4.03. The van der Waals surface area contributed by atoms with E-state index in [9.17, 15) is 26.0 Å². The molecule has 2 aromatic heterocycles. The summed E-state index contributed by atoms with van der Waals surface area (Å²) in [6.45, 7) is 1.38. The molecule has 3 rings (SSSR count). The summed E-state index contributed by atoms with van der Waals surface area (Å²) < 4.78 is 79.4. The van der Waals surface area contributed by atoms with E-state index in [1.165, 1.54) is 17.0 Å². The Morgan fingerprint density at radius 1 is 1.24 bits per heavy atom. The minimum absolute atomic E-state index is 0.113. The Morgan fingerprint density at radius 3 is 2.55 bits per heavy atom. The number of hydrogen-bond donors (Lipinski definition) is 1. The van der Waals surface area contributed by atoms with Gasteiger partial charge in [0.25, 0.3) is 0 Å². The van der Waals surface area contributed by atoms with Crippen LogP contribution in [-0.2, 0) is 21.8 Å². The molecule has 1 aliphatic heterocycles. The van der Waals surface area contributed by atoms with Crippen LogP contribution in [0.1, 0.15) is 24.1 Å². The molecule has 0 aliphatic carbocycles. The van der Waals surface area contributed by atoms with E-state index in [2.05, 4.69) is 15.3 Å². The second-order valence-corrected chi connectivity index (χ2v) is 8.78. The van der Waals surface area contributed by atoms with Crippen LogP contribution in [0.25, 0.3) is 0 Å². The van der Waals surface area contributed by atoms with Crippen molar-refractivity contribution in [3.63, 3.8) is 0 Å². The van der Waals surface area contributed by atoms with Crippen LogP contribution in [0, 0.1) is 5.95 Å². The van der Waals surface area contributed by atoms with Gasteiger partial charge in [0.2, 0.25) is 15.8 Å². The first-order chi connectivity index (χ1) is 13.6. The zero-order valence-corrected chi connectivity index (χ0v) is 16.4. The molecule has 1 saturated heterocycles. The largest absolute Gasteiger partial charge is 0.418 e. The maximum atomic E-state index is 13.7. The molecule has 29 heavy (non-hydrogen) atoms. The molecule has 1 fully saturated rings. The van der Waals surface area contributed by atoms with Gasteiger partial charge in [-0.15, -0.1) is 0 Å². The summed E-state index contributed by atoms with van der Waals surface area (Å²) in [6.07, 6.45) is -2.49. The number of sulfone groups is 1. The van der Waals surface area contributed by atoms with Gasteiger partial charge in [0.1, 0.15) is 0 Å². The number of nitrogens with zero attached hydrogens (tertiary/aromatic N) is 3. The standard InChI is InChI=1S/C18H20F4N4O2S/c1-26(13-5-7-23-8-6-13)15-10-24-17(9-14(15)18(20,21)22)29(27,28)11-12-3-2-4-16(19)25-12/h2-4,9-10,13,23H,5-8,11H2,1H3. The molecule has 0 radical (unpaired) electrons. The molecule has 11 heteroatoms. The van der Waals surface area contributed by atoms with E-state index >= 15 is 0 Å². The van der Waals surface area contributed by atoms with Crippen molar-refractivity contribution in [1.29, 1.82) is 0 Å². The molecule has 6 nitrogen and oxygen atoms in total. The quantitative estimate of drug-likeness (QED) is 0.579. The van der Waals surface area contributed by atoms with Crippen molar-refractivity contribution in [3.8, 4) is 0 Å². The molecule has 158 valence electrons. The molecule has 0 spiro atoms. The summed E-state index contributed by atoms with van der Waals surface area (Å²) in [5, 5.41) is 2.42. The van der Waals surface area contributed by atoms with Gasteiger partial charge in [-0.2, -0.15) is 17.6 Å². The van der Waals surface area contributed by atoms with Crippen LogP contribution < -0.4 is 10.2 Å². The number of halogens is 4. The average Bonchev–Trinajstić information content (AvgIpc) is 2.66. The van der Waals surface area contributed by atoms with Crippen LogP contribution in [0.3, 0.4) is 0 Å². The fourth-order valence-corrected chi connectivity index (χ4v) is 4.51. The van der Waals surface area contributed by atoms with Gasteiger partial charge < -0.3 is 10.2 Å². The molecule has 0 saturated carbocycles. The molecule has 0 aromatic carbocycles. The Kier molecular flexibility index (Phi) is 6.08. The second kappa shape index (κ2) is 8.23. The van der Waals surface area contributed by atoms with E-state index in [1.807, 2.05) is 0 Å². The van der Waals surface area contributed by atoms with E-state index in [0.717, 1.165) is 12.3 Å². The zero-order chi connectivity index (χ0) is 21.2. The molecule has 1 N–H and O–H groups in total. The Morgan fingerprint density at radius 2 is 1.93 bits per heavy atom. The monoisotopic (exact) mass is 432 g/mol. The fourth-order valence-electron chi connectivity index (χ4n) is 3.30. The first kappa shape index (κ1) is 21.4. The summed E-state index contributed by atoms with van der Waals surface area (Å²) in [5.74, 6) is -1.63.